The lowest BCUT2D eigenvalue weighted by Crippen LogP contribution is -2.18. The standard InChI is InChI=1S/C12H12N2O2S/c1-8-7-10(3-4-11(15)16)9(2)14(8)12-13-5-6-17-12/h3-7H,1-2H3,(H,15,16)/p-1/b4-3+. The summed E-state index contributed by atoms with van der Waals surface area (Å²) in [6.45, 7) is 3.90. The molecule has 5 heteroatoms. The van der Waals surface area contributed by atoms with Crippen LogP contribution in [0.1, 0.15) is 17.0 Å². The third-order valence-corrected chi connectivity index (χ3v) is 3.24. The predicted molar refractivity (Wildman–Crippen MR) is 65.0 cm³/mol. The molecule has 2 rings (SSSR count). The zero-order valence-corrected chi connectivity index (χ0v) is 10.3. The Hall–Kier alpha value is -1.88. The van der Waals surface area contributed by atoms with E-state index in [1.54, 1.807) is 23.6 Å². The molecule has 88 valence electrons. The van der Waals surface area contributed by atoms with Gasteiger partial charge in [0.15, 0.2) is 5.13 Å². The Bertz CT molecular complexity index is 568. The third-order valence-electron chi connectivity index (χ3n) is 2.48. The van der Waals surface area contributed by atoms with Gasteiger partial charge in [0.25, 0.3) is 0 Å². The SMILES string of the molecule is Cc1cc(/C=C/C(=O)[O-])c(C)n1-c1nccs1. The molecule has 2 heterocycles. The fraction of sp³-hybridized carbons (Fsp3) is 0.167. The summed E-state index contributed by atoms with van der Waals surface area (Å²) in [6.07, 6.45) is 4.32. The molecule has 0 fully saturated rings. The van der Waals surface area contributed by atoms with Crippen LogP contribution in [0.25, 0.3) is 11.2 Å². The first-order chi connectivity index (χ1) is 8.09. The Morgan fingerprint density at radius 2 is 2.29 bits per heavy atom. The van der Waals surface area contributed by atoms with Crippen LogP contribution in [0, 0.1) is 13.8 Å². The highest BCUT2D eigenvalue weighted by Crippen LogP contribution is 2.22. The topological polar surface area (TPSA) is 57.9 Å². The Morgan fingerprint density at radius 1 is 1.53 bits per heavy atom. The van der Waals surface area contributed by atoms with Crippen LogP contribution in [0.15, 0.2) is 23.7 Å². The van der Waals surface area contributed by atoms with E-state index in [-0.39, 0.29) is 0 Å². The molecule has 0 aliphatic heterocycles. The lowest BCUT2D eigenvalue weighted by molar-refractivity contribution is -0.297. The summed E-state index contributed by atoms with van der Waals surface area (Å²) in [7, 11) is 0. The van der Waals surface area contributed by atoms with E-state index >= 15 is 0 Å². The number of thiazole rings is 1. The van der Waals surface area contributed by atoms with Gasteiger partial charge in [0.05, 0.1) is 5.97 Å². The molecule has 0 aromatic carbocycles. The van der Waals surface area contributed by atoms with E-state index in [9.17, 15) is 9.90 Å². The van der Waals surface area contributed by atoms with Gasteiger partial charge in [-0.25, -0.2) is 4.98 Å². The van der Waals surface area contributed by atoms with E-state index in [2.05, 4.69) is 4.98 Å². The highest BCUT2D eigenvalue weighted by Gasteiger charge is 2.10. The van der Waals surface area contributed by atoms with E-state index < -0.39 is 5.97 Å². The summed E-state index contributed by atoms with van der Waals surface area (Å²) in [5.74, 6) is -1.19. The second-order valence-corrected chi connectivity index (χ2v) is 4.50. The molecule has 0 atom stereocenters. The van der Waals surface area contributed by atoms with E-state index in [0.29, 0.717) is 0 Å². The number of carboxylic acid groups (broad SMARTS) is 1. The minimum Gasteiger partial charge on any atom is -0.545 e. The van der Waals surface area contributed by atoms with E-state index in [1.807, 2.05) is 29.9 Å². The first-order valence-corrected chi connectivity index (χ1v) is 5.95. The molecule has 0 saturated heterocycles. The molecule has 0 aliphatic rings. The number of nitrogens with zero attached hydrogens (tertiary/aromatic N) is 2. The van der Waals surface area contributed by atoms with Gasteiger partial charge < -0.3 is 9.90 Å². The van der Waals surface area contributed by atoms with Crippen molar-refractivity contribution in [3.05, 3.63) is 40.7 Å². The summed E-state index contributed by atoms with van der Waals surface area (Å²) in [6, 6.07) is 1.93. The minimum atomic E-state index is -1.19. The molecule has 0 N–H and O–H groups in total. The fourth-order valence-corrected chi connectivity index (χ4v) is 2.49. The van der Waals surface area contributed by atoms with Gasteiger partial charge >= 0.3 is 0 Å². The number of rotatable bonds is 3. The largest absolute Gasteiger partial charge is 0.545 e. The first kappa shape index (κ1) is 11.6. The van der Waals surface area contributed by atoms with Gasteiger partial charge in [-0.3, -0.25) is 4.57 Å². The average Bonchev–Trinajstić information content (AvgIpc) is 2.84. The van der Waals surface area contributed by atoms with Crippen molar-refractivity contribution in [2.45, 2.75) is 13.8 Å². The van der Waals surface area contributed by atoms with Gasteiger partial charge in [0.2, 0.25) is 0 Å². The number of aromatic nitrogens is 2. The summed E-state index contributed by atoms with van der Waals surface area (Å²) in [5, 5.41) is 13.2. The van der Waals surface area contributed by atoms with Crippen LogP contribution in [-0.2, 0) is 4.79 Å². The zero-order chi connectivity index (χ0) is 12.4. The van der Waals surface area contributed by atoms with Crippen LogP contribution in [0.5, 0.6) is 0 Å². The van der Waals surface area contributed by atoms with Crippen molar-refractivity contribution in [2.75, 3.05) is 0 Å². The quantitative estimate of drug-likeness (QED) is 0.768. The number of aryl methyl sites for hydroxylation is 1. The number of carbonyl (C=O) groups is 1. The monoisotopic (exact) mass is 247 g/mol. The van der Waals surface area contributed by atoms with Crippen molar-refractivity contribution in [3.8, 4) is 5.13 Å². The van der Waals surface area contributed by atoms with Crippen LogP contribution in [0.3, 0.4) is 0 Å². The molecule has 0 amide bonds. The summed E-state index contributed by atoms with van der Waals surface area (Å²) in [5.41, 5.74) is 2.85. The van der Waals surface area contributed by atoms with Crippen molar-refractivity contribution in [2.24, 2.45) is 0 Å². The minimum absolute atomic E-state index is 0.863. The van der Waals surface area contributed by atoms with E-state index in [4.69, 9.17) is 0 Å². The Kier molecular flexibility index (Phi) is 3.10. The van der Waals surface area contributed by atoms with Crippen LogP contribution in [0.4, 0.5) is 0 Å². The molecule has 0 aliphatic carbocycles. The van der Waals surface area contributed by atoms with Crippen LogP contribution in [0.2, 0.25) is 0 Å². The lowest BCUT2D eigenvalue weighted by atomic mass is 10.2. The summed E-state index contributed by atoms with van der Waals surface area (Å²) >= 11 is 1.54. The maximum atomic E-state index is 10.4. The van der Waals surface area contributed by atoms with E-state index in [1.165, 1.54) is 0 Å². The molecule has 0 unspecified atom stereocenters. The van der Waals surface area contributed by atoms with Crippen molar-refractivity contribution < 1.29 is 9.90 Å². The Morgan fingerprint density at radius 3 is 2.88 bits per heavy atom. The van der Waals surface area contributed by atoms with Gasteiger partial charge in [-0.05, 0) is 31.6 Å². The highest BCUT2D eigenvalue weighted by molar-refractivity contribution is 7.12. The molecular formula is C12H11N2O2S-. The number of hydrogen-bond donors (Lipinski definition) is 0. The van der Waals surface area contributed by atoms with Crippen LogP contribution >= 0.6 is 11.3 Å². The molecule has 4 nitrogen and oxygen atoms in total. The maximum Gasteiger partial charge on any atom is 0.193 e. The smallest absolute Gasteiger partial charge is 0.193 e. The molecule has 0 radical (unpaired) electrons. The molecule has 0 spiro atoms. The first-order valence-electron chi connectivity index (χ1n) is 5.07. The number of aliphatic carboxylic acids is 1. The van der Waals surface area contributed by atoms with Crippen molar-refractivity contribution >= 4 is 23.4 Å². The summed E-state index contributed by atoms with van der Waals surface area (Å²) in [4.78, 5) is 14.6. The maximum absolute atomic E-state index is 10.4. The van der Waals surface area contributed by atoms with Crippen LogP contribution < -0.4 is 5.11 Å². The van der Waals surface area contributed by atoms with Crippen molar-refractivity contribution in [1.82, 2.24) is 9.55 Å². The molecule has 2 aromatic rings. The lowest BCUT2D eigenvalue weighted by Gasteiger charge is -2.04. The number of carboxylic acids is 1. The fourth-order valence-electron chi connectivity index (χ4n) is 1.73. The van der Waals surface area contributed by atoms with Crippen LogP contribution in [-0.4, -0.2) is 15.5 Å². The Balaban J connectivity index is 2.46. The van der Waals surface area contributed by atoms with Gasteiger partial charge in [0.1, 0.15) is 0 Å². The number of carbonyl (C=O) groups excluding carboxylic acids is 1. The zero-order valence-electron chi connectivity index (χ0n) is 9.51. The van der Waals surface area contributed by atoms with E-state index in [0.717, 1.165) is 28.2 Å². The molecule has 0 saturated carbocycles. The molecular weight excluding hydrogens is 236 g/mol. The summed E-state index contributed by atoms with van der Waals surface area (Å²) < 4.78 is 2.00. The van der Waals surface area contributed by atoms with Crippen molar-refractivity contribution in [1.29, 1.82) is 0 Å². The molecule has 2 aromatic heterocycles. The molecule has 0 bridgehead atoms. The van der Waals surface area contributed by atoms with Gasteiger partial charge in [-0.1, -0.05) is 6.08 Å². The molecule has 17 heavy (non-hydrogen) atoms. The third kappa shape index (κ3) is 2.29. The average molecular weight is 247 g/mol. The second kappa shape index (κ2) is 4.55. The van der Waals surface area contributed by atoms with Gasteiger partial charge in [-0.2, -0.15) is 0 Å². The predicted octanol–water partition coefficient (Wildman–Crippen LogP) is 1.31. The normalized spacial score (nSPS) is 11.2. The number of hydrogen-bond acceptors (Lipinski definition) is 4. The van der Waals surface area contributed by atoms with Gasteiger partial charge in [-0.15, -0.1) is 11.3 Å². The van der Waals surface area contributed by atoms with Crippen molar-refractivity contribution in [3.63, 3.8) is 0 Å². The second-order valence-electron chi connectivity index (χ2n) is 3.63. The Labute approximate surface area is 103 Å². The van der Waals surface area contributed by atoms with Gasteiger partial charge in [0, 0.05) is 23.0 Å². The highest BCUT2D eigenvalue weighted by atomic mass is 32.1.